The number of rotatable bonds is 4. The van der Waals surface area contributed by atoms with Crippen molar-refractivity contribution in [3.63, 3.8) is 0 Å². The molecule has 0 bridgehead atoms. The molecule has 1 saturated carbocycles. The average molecular weight is 337 g/mol. The fourth-order valence-corrected chi connectivity index (χ4v) is 4.60. The molecule has 102 valence electrons. The summed E-state index contributed by atoms with van der Waals surface area (Å²) < 4.78 is 28.5. The second kappa shape index (κ2) is 5.26. The summed E-state index contributed by atoms with van der Waals surface area (Å²) in [6, 6.07) is 0. The van der Waals surface area contributed by atoms with E-state index in [4.69, 9.17) is 0 Å². The maximum absolute atomic E-state index is 12.2. The minimum Gasteiger partial charge on any atom is -0.235 e. The van der Waals surface area contributed by atoms with Crippen LogP contribution in [0.3, 0.4) is 0 Å². The minimum atomic E-state index is -3.55. The molecule has 1 N–H and O–H groups in total. The van der Waals surface area contributed by atoms with Gasteiger partial charge in [0.2, 0.25) is 5.03 Å². The van der Waals surface area contributed by atoms with Crippen molar-refractivity contribution in [1.29, 1.82) is 0 Å². The Labute approximate surface area is 115 Å². The standard InChI is InChI=1S/C10H17BrN4O2S/c1-7-4-3-5-8(7)6-12-18(16,17)10-9(11)13-14-15(10)2/h7-8,12H,3-6H2,1-2H3. The Morgan fingerprint density at radius 3 is 2.72 bits per heavy atom. The summed E-state index contributed by atoms with van der Waals surface area (Å²) in [5.41, 5.74) is 0. The van der Waals surface area contributed by atoms with Gasteiger partial charge in [-0.2, -0.15) is 0 Å². The number of nitrogens with one attached hydrogen (secondary N) is 1. The van der Waals surface area contributed by atoms with Gasteiger partial charge in [-0.15, -0.1) is 5.10 Å². The normalized spacial score (nSPS) is 24.6. The van der Waals surface area contributed by atoms with E-state index >= 15 is 0 Å². The van der Waals surface area contributed by atoms with Gasteiger partial charge in [0.1, 0.15) is 0 Å². The monoisotopic (exact) mass is 336 g/mol. The predicted octanol–water partition coefficient (Wildman–Crippen LogP) is 1.29. The van der Waals surface area contributed by atoms with Crippen molar-refractivity contribution in [2.24, 2.45) is 18.9 Å². The number of hydrogen-bond donors (Lipinski definition) is 1. The number of sulfonamides is 1. The molecule has 0 amide bonds. The molecule has 0 saturated heterocycles. The topological polar surface area (TPSA) is 76.9 Å². The molecular formula is C10H17BrN4O2S. The third-order valence-corrected chi connectivity index (χ3v) is 5.88. The maximum atomic E-state index is 12.2. The first-order chi connectivity index (χ1) is 8.42. The third kappa shape index (κ3) is 2.75. The lowest BCUT2D eigenvalue weighted by atomic mass is 9.99. The minimum absolute atomic E-state index is 0.0770. The van der Waals surface area contributed by atoms with Gasteiger partial charge in [0.05, 0.1) is 0 Å². The lowest BCUT2D eigenvalue weighted by molar-refractivity contribution is 0.413. The van der Waals surface area contributed by atoms with E-state index in [-0.39, 0.29) is 9.63 Å². The molecular weight excluding hydrogens is 320 g/mol. The van der Waals surface area contributed by atoms with Crippen LogP contribution in [0, 0.1) is 11.8 Å². The van der Waals surface area contributed by atoms with E-state index in [1.165, 1.54) is 17.5 Å². The number of aromatic nitrogens is 3. The van der Waals surface area contributed by atoms with Gasteiger partial charge in [0.15, 0.2) is 4.60 Å². The fourth-order valence-electron chi connectivity index (χ4n) is 2.42. The van der Waals surface area contributed by atoms with Crippen LogP contribution in [-0.2, 0) is 17.1 Å². The smallest absolute Gasteiger partial charge is 0.235 e. The molecule has 18 heavy (non-hydrogen) atoms. The molecule has 6 nitrogen and oxygen atoms in total. The Morgan fingerprint density at radius 2 is 2.22 bits per heavy atom. The molecule has 2 rings (SSSR count). The summed E-state index contributed by atoms with van der Waals surface area (Å²) in [6.45, 7) is 2.66. The van der Waals surface area contributed by atoms with E-state index in [1.807, 2.05) is 0 Å². The van der Waals surface area contributed by atoms with E-state index in [0.717, 1.165) is 6.42 Å². The summed E-state index contributed by atoms with van der Waals surface area (Å²) >= 11 is 3.10. The predicted molar refractivity (Wildman–Crippen MR) is 70.4 cm³/mol. The Kier molecular flexibility index (Phi) is 4.08. The zero-order valence-corrected chi connectivity index (χ0v) is 12.8. The molecule has 1 heterocycles. The van der Waals surface area contributed by atoms with Crippen molar-refractivity contribution in [2.45, 2.75) is 31.2 Å². The molecule has 0 radical (unpaired) electrons. The molecule has 1 aromatic heterocycles. The van der Waals surface area contributed by atoms with Crippen molar-refractivity contribution >= 4 is 26.0 Å². The first-order valence-electron chi connectivity index (χ1n) is 5.96. The molecule has 1 fully saturated rings. The van der Waals surface area contributed by atoms with Crippen LogP contribution >= 0.6 is 15.9 Å². The SMILES string of the molecule is CC1CCCC1CNS(=O)(=O)c1c(Br)nnn1C. The first kappa shape index (κ1) is 14.0. The summed E-state index contributed by atoms with van der Waals surface area (Å²) in [6.07, 6.45) is 3.46. The number of nitrogens with zero attached hydrogens (tertiary/aromatic N) is 3. The van der Waals surface area contributed by atoms with Crippen molar-refractivity contribution in [1.82, 2.24) is 19.7 Å². The Bertz CT molecular complexity index is 508. The number of aryl methyl sites for hydroxylation is 1. The lowest BCUT2D eigenvalue weighted by Gasteiger charge is -2.15. The summed E-state index contributed by atoms with van der Waals surface area (Å²) in [5.74, 6) is 1.01. The van der Waals surface area contributed by atoms with Gasteiger partial charge in [-0.05, 0) is 34.2 Å². The molecule has 0 spiro atoms. The zero-order chi connectivity index (χ0) is 13.3. The van der Waals surface area contributed by atoms with Crippen molar-refractivity contribution in [3.8, 4) is 0 Å². The van der Waals surface area contributed by atoms with Gasteiger partial charge in [-0.3, -0.25) is 0 Å². The van der Waals surface area contributed by atoms with E-state index in [0.29, 0.717) is 18.4 Å². The summed E-state index contributed by atoms with van der Waals surface area (Å²) in [7, 11) is -1.99. The summed E-state index contributed by atoms with van der Waals surface area (Å²) in [5, 5.41) is 7.44. The highest BCUT2D eigenvalue weighted by Crippen LogP contribution is 2.30. The van der Waals surface area contributed by atoms with E-state index in [9.17, 15) is 8.42 Å². The quantitative estimate of drug-likeness (QED) is 0.898. The molecule has 8 heteroatoms. The van der Waals surface area contributed by atoms with Crippen LogP contribution in [0.25, 0.3) is 0 Å². The van der Waals surface area contributed by atoms with Crippen LogP contribution in [0.5, 0.6) is 0 Å². The highest BCUT2D eigenvalue weighted by atomic mass is 79.9. The molecule has 1 aliphatic rings. The van der Waals surface area contributed by atoms with Gasteiger partial charge in [-0.25, -0.2) is 17.8 Å². The highest BCUT2D eigenvalue weighted by Gasteiger charge is 2.28. The second-order valence-electron chi connectivity index (χ2n) is 4.83. The van der Waals surface area contributed by atoms with E-state index in [2.05, 4.69) is 37.9 Å². The Morgan fingerprint density at radius 1 is 1.50 bits per heavy atom. The molecule has 0 aromatic carbocycles. The van der Waals surface area contributed by atoms with Gasteiger partial charge in [0, 0.05) is 13.6 Å². The molecule has 0 aliphatic heterocycles. The van der Waals surface area contributed by atoms with Crippen molar-refractivity contribution < 1.29 is 8.42 Å². The third-order valence-electron chi connectivity index (χ3n) is 3.57. The molecule has 1 aromatic rings. The van der Waals surface area contributed by atoms with Crippen molar-refractivity contribution in [3.05, 3.63) is 4.60 Å². The van der Waals surface area contributed by atoms with E-state index in [1.54, 1.807) is 7.05 Å². The fraction of sp³-hybridized carbons (Fsp3) is 0.800. The van der Waals surface area contributed by atoms with Gasteiger partial charge in [0.25, 0.3) is 10.0 Å². The zero-order valence-electron chi connectivity index (χ0n) is 10.4. The maximum Gasteiger partial charge on any atom is 0.260 e. The van der Waals surface area contributed by atoms with Crippen LogP contribution < -0.4 is 4.72 Å². The second-order valence-corrected chi connectivity index (χ2v) is 7.26. The highest BCUT2D eigenvalue weighted by molar-refractivity contribution is 9.10. The van der Waals surface area contributed by atoms with Crippen LogP contribution in [0.4, 0.5) is 0 Å². The molecule has 2 unspecified atom stereocenters. The number of halogens is 1. The first-order valence-corrected chi connectivity index (χ1v) is 8.24. The van der Waals surface area contributed by atoms with Gasteiger partial charge in [-0.1, -0.05) is 25.0 Å². The largest absolute Gasteiger partial charge is 0.260 e. The number of hydrogen-bond acceptors (Lipinski definition) is 4. The van der Waals surface area contributed by atoms with Gasteiger partial charge >= 0.3 is 0 Å². The van der Waals surface area contributed by atoms with Crippen LogP contribution in [0.1, 0.15) is 26.2 Å². The van der Waals surface area contributed by atoms with Crippen LogP contribution in [0.2, 0.25) is 0 Å². The van der Waals surface area contributed by atoms with Crippen molar-refractivity contribution in [2.75, 3.05) is 6.54 Å². The average Bonchev–Trinajstić information content (AvgIpc) is 2.83. The lowest BCUT2D eigenvalue weighted by Crippen LogP contribution is -2.31. The molecule has 2 atom stereocenters. The molecule has 1 aliphatic carbocycles. The van der Waals surface area contributed by atoms with E-state index < -0.39 is 10.0 Å². The Hall–Kier alpha value is -0.470. The summed E-state index contributed by atoms with van der Waals surface area (Å²) in [4.78, 5) is 0. The van der Waals surface area contributed by atoms with Crippen LogP contribution in [-0.4, -0.2) is 30.0 Å². The van der Waals surface area contributed by atoms with Crippen LogP contribution in [0.15, 0.2) is 9.63 Å². The Balaban J connectivity index is 2.08. The van der Waals surface area contributed by atoms with Gasteiger partial charge < -0.3 is 0 Å².